The molecule has 1 atom stereocenters. The van der Waals surface area contributed by atoms with Crippen molar-refractivity contribution in [3.05, 3.63) is 24.0 Å². The Labute approximate surface area is 100 Å². The first-order chi connectivity index (χ1) is 8.16. The Balaban J connectivity index is 2.07. The molecule has 1 aromatic rings. The molecule has 2 rings (SSSR count). The number of aliphatic carboxylic acids is 1. The van der Waals surface area contributed by atoms with E-state index < -0.39 is 5.97 Å². The van der Waals surface area contributed by atoms with Gasteiger partial charge in [0.05, 0.1) is 19.1 Å². The van der Waals surface area contributed by atoms with Gasteiger partial charge in [-0.2, -0.15) is 0 Å². The molecule has 92 valence electrons. The number of carboxylic acid groups (broad SMARTS) is 1. The predicted octanol–water partition coefficient (Wildman–Crippen LogP) is 1.07. The average molecular weight is 236 g/mol. The SMILES string of the molecule is Cc1cnccc1N1CCOC(CC(=O)O)C1. The van der Waals surface area contributed by atoms with Gasteiger partial charge in [-0.25, -0.2) is 0 Å². The summed E-state index contributed by atoms with van der Waals surface area (Å²) >= 11 is 0. The minimum absolute atomic E-state index is 0.0562. The summed E-state index contributed by atoms with van der Waals surface area (Å²) in [5.74, 6) is -0.816. The summed E-state index contributed by atoms with van der Waals surface area (Å²) in [5.41, 5.74) is 2.21. The van der Waals surface area contributed by atoms with Gasteiger partial charge in [0.25, 0.3) is 0 Å². The Kier molecular flexibility index (Phi) is 3.58. The summed E-state index contributed by atoms with van der Waals surface area (Å²) in [6.07, 6.45) is 3.40. The molecule has 1 unspecified atom stereocenters. The lowest BCUT2D eigenvalue weighted by Gasteiger charge is -2.34. The van der Waals surface area contributed by atoms with E-state index in [1.807, 2.05) is 19.2 Å². The highest BCUT2D eigenvalue weighted by Crippen LogP contribution is 2.21. The standard InChI is InChI=1S/C12H16N2O3/c1-9-7-13-3-2-11(9)14-4-5-17-10(8-14)6-12(15)16/h2-3,7,10H,4-6,8H2,1H3,(H,15,16). The third-order valence-electron chi connectivity index (χ3n) is 2.87. The first-order valence-corrected chi connectivity index (χ1v) is 5.66. The number of anilines is 1. The molecule has 1 aromatic heterocycles. The Bertz CT molecular complexity index is 408. The van der Waals surface area contributed by atoms with Gasteiger partial charge in [-0.05, 0) is 18.6 Å². The van der Waals surface area contributed by atoms with Crippen LogP contribution in [0.2, 0.25) is 0 Å². The van der Waals surface area contributed by atoms with Crippen LogP contribution in [0.5, 0.6) is 0 Å². The molecule has 5 nitrogen and oxygen atoms in total. The van der Waals surface area contributed by atoms with E-state index in [-0.39, 0.29) is 12.5 Å². The lowest BCUT2D eigenvalue weighted by molar-refractivity contribution is -0.140. The van der Waals surface area contributed by atoms with E-state index in [4.69, 9.17) is 9.84 Å². The van der Waals surface area contributed by atoms with Gasteiger partial charge < -0.3 is 14.7 Å². The van der Waals surface area contributed by atoms with E-state index in [0.717, 1.165) is 17.8 Å². The molecule has 0 radical (unpaired) electrons. The average Bonchev–Trinajstić information content (AvgIpc) is 2.29. The summed E-state index contributed by atoms with van der Waals surface area (Å²) in [7, 11) is 0. The Hall–Kier alpha value is -1.62. The minimum Gasteiger partial charge on any atom is -0.481 e. The molecule has 1 fully saturated rings. The summed E-state index contributed by atoms with van der Waals surface area (Å²) in [6.45, 7) is 3.99. The lowest BCUT2D eigenvalue weighted by Crippen LogP contribution is -2.43. The number of hydrogen-bond donors (Lipinski definition) is 1. The molecule has 1 aliphatic heterocycles. The summed E-state index contributed by atoms with van der Waals surface area (Å²) < 4.78 is 5.44. The van der Waals surface area contributed by atoms with Gasteiger partial charge in [-0.15, -0.1) is 0 Å². The van der Waals surface area contributed by atoms with Crippen molar-refractivity contribution in [3.8, 4) is 0 Å². The van der Waals surface area contributed by atoms with Crippen LogP contribution in [0.25, 0.3) is 0 Å². The monoisotopic (exact) mass is 236 g/mol. The van der Waals surface area contributed by atoms with Gasteiger partial charge in [-0.1, -0.05) is 0 Å². The van der Waals surface area contributed by atoms with Crippen LogP contribution in [0.3, 0.4) is 0 Å². The maximum Gasteiger partial charge on any atom is 0.306 e. The summed E-state index contributed by atoms with van der Waals surface area (Å²) in [5, 5.41) is 8.77. The fourth-order valence-corrected chi connectivity index (χ4v) is 2.08. The second-order valence-electron chi connectivity index (χ2n) is 4.20. The smallest absolute Gasteiger partial charge is 0.306 e. The number of ether oxygens (including phenoxy) is 1. The van der Waals surface area contributed by atoms with Crippen LogP contribution < -0.4 is 4.90 Å². The van der Waals surface area contributed by atoms with E-state index in [1.165, 1.54) is 0 Å². The zero-order valence-corrected chi connectivity index (χ0v) is 9.80. The van der Waals surface area contributed by atoms with Crippen LogP contribution in [0.4, 0.5) is 5.69 Å². The molecule has 5 heteroatoms. The quantitative estimate of drug-likeness (QED) is 0.850. The molecule has 1 N–H and O–H groups in total. The number of morpholine rings is 1. The van der Waals surface area contributed by atoms with Crippen molar-refractivity contribution in [2.45, 2.75) is 19.4 Å². The van der Waals surface area contributed by atoms with E-state index >= 15 is 0 Å². The fourth-order valence-electron chi connectivity index (χ4n) is 2.08. The number of pyridine rings is 1. The highest BCUT2D eigenvalue weighted by molar-refractivity contribution is 5.67. The third-order valence-corrected chi connectivity index (χ3v) is 2.87. The van der Waals surface area contributed by atoms with Crippen LogP contribution >= 0.6 is 0 Å². The van der Waals surface area contributed by atoms with E-state index in [9.17, 15) is 4.79 Å². The highest BCUT2D eigenvalue weighted by atomic mass is 16.5. The van der Waals surface area contributed by atoms with Gasteiger partial charge in [0, 0.05) is 31.2 Å². The molecule has 0 amide bonds. The molecule has 17 heavy (non-hydrogen) atoms. The number of nitrogens with zero attached hydrogens (tertiary/aromatic N) is 2. The largest absolute Gasteiger partial charge is 0.481 e. The molecule has 2 heterocycles. The molecule has 0 bridgehead atoms. The van der Waals surface area contributed by atoms with E-state index in [2.05, 4.69) is 9.88 Å². The number of carboxylic acids is 1. The van der Waals surface area contributed by atoms with Crippen molar-refractivity contribution in [3.63, 3.8) is 0 Å². The van der Waals surface area contributed by atoms with Gasteiger partial charge in [-0.3, -0.25) is 9.78 Å². The number of aromatic nitrogens is 1. The molecule has 1 saturated heterocycles. The Morgan fingerprint density at radius 3 is 3.24 bits per heavy atom. The van der Waals surface area contributed by atoms with Crippen molar-refractivity contribution >= 4 is 11.7 Å². The van der Waals surface area contributed by atoms with Gasteiger partial charge >= 0.3 is 5.97 Å². The van der Waals surface area contributed by atoms with Crippen molar-refractivity contribution in [2.24, 2.45) is 0 Å². The predicted molar refractivity (Wildman–Crippen MR) is 63.2 cm³/mol. The lowest BCUT2D eigenvalue weighted by atomic mass is 10.1. The van der Waals surface area contributed by atoms with Crippen molar-refractivity contribution in [2.75, 3.05) is 24.6 Å². The molecule has 0 aromatic carbocycles. The van der Waals surface area contributed by atoms with Crippen LogP contribution in [-0.2, 0) is 9.53 Å². The molecule has 0 saturated carbocycles. The minimum atomic E-state index is -0.816. The van der Waals surface area contributed by atoms with Gasteiger partial charge in [0.1, 0.15) is 0 Å². The van der Waals surface area contributed by atoms with Crippen LogP contribution in [0.15, 0.2) is 18.5 Å². The van der Waals surface area contributed by atoms with Crippen LogP contribution in [0.1, 0.15) is 12.0 Å². The molecular weight excluding hydrogens is 220 g/mol. The second-order valence-corrected chi connectivity index (χ2v) is 4.20. The zero-order valence-electron chi connectivity index (χ0n) is 9.80. The number of rotatable bonds is 3. The molecule has 1 aliphatic rings. The van der Waals surface area contributed by atoms with Gasteiger partial charge in [0.15, 0.2) is 0 Å². The Morgan fingerprint density at radius 1 is 1.71 bits per heavy atom. The second kappa shape index (κ2) is 5.14. The van der Waals surface area contributed by atoms with E-state index in [1.54, 1.807) is 6.20 Å². The maximum absolute atomic E-state index is 10.7. The van der Waals surface area contributed by atoms with Crippen molar-refractivity contribution < 1.29 is 14.6 Å². The first-order valence-electron chi connectivity index (χ1n) is 5.66. The number of hydrogen-bond acceptors (Lipinski definition) is 4. The topological polar surface area (TPSA) is 62.7 Å². The maximum atomic E-state index is 10.7. The van der Waals surface area contributed by atoms with E-state index in [0.29, 0.717) is 13.2 Å². The van der Waals surface area contributed by atoms with Crippen LogP contribution in [-0.4, -0.2) is 41.9 Å². The van der Waals surface area contributed by atoms with Crippen LogP contribution in [0, 0.1) is 6.92 Å². The van der Waals surface area contributed by atoms with Gasteiger partial charge in [0.2, 0.25) is 0 Å². The highest BCUT2D eigenvalue weighted by Gasteiger charge is 2.23. The molecule has 0 spiro atoms. The molecular formula is C12H16N2O3. The summed E-state index contributed by atoms with van der Waals surface area (Å²) in [6, 6.07) is 1.96. The van der Waals surface area contributed by atoms with Crippen molar-refractivity contribution in [1.29, 1.82) is 0 Å². The fraction of sp³-hybridized carbons (Fsp3) is 0.500. The normalized spacial score (nSPS) is 20.3. The number of aryl methyl sites for hydroxylation is 1. The Morgan fingerprint density at radius 2 is 2.53 bits per heavy atom. The summed E-state index contributed by atoms with van der Waals surface area (Å²) in [4.78, 5) is 16.9. The molecule has 0 aliphatic carbocycles. The first kappa shape index (κ1) is 11.9. The third kappa shape index (κ3) is 2.94. The zero-order chi connectivity index (χ0) is 12.3. The van der Waals surface area contributed by atoms with Crippen molar-refractivity contribution in [1.82, 2.24) is 4.98 Å². The number of carbonyl (C=O) groups is 1.